The lowest BCUT2D eigenvalue weighted by molar-refractivity contribution is -0.384. The van der Waals surface area contributed by atoms with Gasteiger partial charge in [0.2, 0.25) is 0 Å². The molecule has 0 aliphatic heterocycles. The predicted molar refractivity (Wildman–Crippen MR) is 72.8 cm³/mol. The van der Waals surface area contributed by atoms with Crippen LogP contribution in [0.5, 0.6) is 0 Å². The van der Waals surface area contributed by atoms with Crippen molar-refractivity contribution in [2.24, 2.45) is 0 Å². The van der Waals surface area contributed by atoms with Crippen molar-refractivity contribution in [3.63, 3.8) is 0 Å². The van der Waals surface area contributed by atoms with Crippen molar-refractivity contribution >= 4 is 29.1 Å². The van der Waals surface area contributed by atoms with E-state index >= 15 is 0 Å². The average Bonchev–Trinajstić information content (AvgIpc) is 2.25. The van der Waals surface area contributed by atoms with Gasteiger partial charge >= 0.3 is 0 Å². The average molecular weight is 275 g/mol. The topological polar surface area (TPSA) is 46.4 Å². The van der Waals surface area contributed by atoms with Gasteiger partial charge in [0, 0.05) is 24.1 Å². The molecule has 0 aliphatic rings. The maximum Gasteiger partial charge on any atom is 0.288 e. The maximum absolute atomic E-state index is 10.7. The molecule has 0 atom stereocenters. The molecule has 94 valence electrons. The fourth-order valence-electron chi connectivity index (χ4n) is 1.23. The summed E-state index contributed by atoms with van der Waals surface area (Å²) in [5.41, 5.74) is 0.919. The third kappa shape index (κ3) is 4.93. The zero-order valence-electron chi connectivity index (χ0n) is 9.85. The number of halogens is 1. The fourth-order valence-corrected chi connectivity index (χ4v) is 2.47. The summed E-state index contributed by atoms with van der Waals surface area (Å²) < 4.78 is 0. The Kier molecular flexibility index (Phi) is 5.74. The van der Waals surface area contributed by atoms with Crippen molar-refractivity contribution in [3.8, 4) is 0 Å². The highest BCUT2D eigenvalue weighted by Crippen LogP contribution is 2.26. The Hall–Kier alpha value is -0.780. The van der Waals surface area contributed by atoms with Crippen LogP contribution in [-0.4, -0.2) is 36.2 Å². The van der Waals surface area contributed by atoms with E-state index in [1.54, 1.807) is 23.9 Å². The summed E-state index contributed by atoms with van der Waals surface area (Å²) in [6.45, 7) is 1.00. The Balaban J connectivity index is 2.54. The lowest BCUT2D eigenvalue weighted by Crippen LogP contribution is -2.14. The summed E-state index contributed by atoms with van der Waals surface area (Å²) in [7, 11) is 4.04. The third-order valence-corrected chi connectivity index (χ3v) is 3.49. The van der Waals surface area contributed by atoms with Crippen molar-refractivity contribution in [2.45, 2.75) is 5.75 Å². The summed E-state index contributed by atoms with van der Waals surface area (Å²) >= 11 is 7.49. The van der Waals surface area contributed by atoms with Crippen molar-refractivity contribution in [2.75, 3.05) is 26.4 Å². The van der Waals surface area contributed by atoms with Crippen molar-refractivity contribution in [1.29, 1.82) is 0 Å². The second-order valence-electron chi connectivity index (χ2n) is 3.90. The molecule has 4 nitrogen and oxygen atoms in total. The van der Waals surface area contributed by atoms with E-state index in [0.717, 1.165) is 23.6 Å². The third-order valence-electron chi connectivity index (χ3n) is 2.16. The van der Waals surface area contributed by atoms with Crippen LogP contribution in [0, 0.1) is 10.1 Å². The lowest BCUT2D eigenvalue weighted by atomic mass is 10.2. The summed E-state index contributed by atoms with van der Waals surface area (Å²) in [6.07, 6.45) is 0. The molecule has 0 saturated carbocycles. The van der Waals surface area contributed by atoms with Crippen molar-refractivity contribution in [1.82, 2.24) is 4.90 Å². The molecule has 1 rings (SSSR count). The highest BCUT2D eigenvalue weighted by Gasteiger charge is 2.12. The lowest BCUT2D eigenvalue weighted by Gasteiger charge is -2.08. The maximum atomic E-state index is 10.7. The Morgan fingerprint density at radius 1 is 1.47 bits per heavy atom. The van der Waals surface area contributed by atoms with Gasteiger partial charge in [-0.25, -0.2) is 0 Å². The molecule has 0 spiro atoms. The van der Waals surface area contributed by atoms with Gasteiger partial charge in [0.15, 0.2) is 0 Å². The Bertz CT molecular complexity index is 399. The van der Waals surface area contributed by atoms with Gasteiger partial charge in [-0.2, -0.15) is 11.8 Å². The van der Waals surface area contributed by atoms with Crippen molar-refractivity contribution < 1.29 is 4.92 Å². The molecule has 0 radical (unpaired) electrons. The Morgan fingerprint density at radius 2 is 2.18 bits per heavy atom. The molecule has 1 aromatic carbocycles. The standard InChI is InChI=1S/C11H15ClN2O2S/c1-13(2)5-6-17-8-9-3-4-10(12)11(7-9)14(15)16/h3-4,7H,5-6,8H2,1-2H3. The smallest absolute Gasteiger partial charge is 0.288 e. The van der Waals surface area contributed by atoms with Gasteiger partial charge in [-0.15, -0.1) is 0 Å². The number of thioether (sulfide) groups is 1. The molecule has 6 heteroatoms. The highest BCUT2D eigenvalue weighted by molar-refractivity contribution is 7.98. The zero-order chi connectivity index (χ0) is 12.8. The monoisotopic (exact) mass is 274 g/mol. The van der Waals surface area contributed by atoms with E-state index in [9.17, 15) is 10.1 Å². The van der Waals surface area contributed by atoms with Crippen LogP contribution in [0.25, 0.3) is 0 Å². The summed E-state index contributed by atoms with van der Waals surface area (Å²) in [4.78, 5) is 12.4. The number of hydrogen-bond acceptors (Lipinski definition) is 4. The van der Waals surface area contributed by atoms with Gasteiger partial charge in [0.25, 0.3) is 5.69 Å². The van der Waals surface area contributed by atoms with Crippen LogP contribution in [0.15, 0.2) is 18.2 Å². The van der Waals surface area contributed by atoms with E-state index in [1.165, 1.54) is 0 Å². The minimum atomic E-state index is -0.448. The molecule has 0 bridgehead atoms. The van der Waals surface area contributed by atoms with Crippen LogP contribution in [-0.2, 0) is 5.75 Å². The first-order valence-corrected chi connectivity index (χ1v) is 6.69. The van der Waals surface area contributed by atoms with Crippen LogP contribution in [0.2, 0.25) is 5.02 Å². The SMILES string of the molecule is CN(C)CCSCc1ccc(Cl)c([N+](=O)[O-])c1. The van der Waals surface area contributed by atoms with Gasteiger partial charge in [0.05, 0.1) is 4.92 Å². The molecule has 0 unspecified atom stereocenters. The van der Waals surface area contributed by atoms with E-state index in [2.05, 4.69) is 4.90 Å². The van der Waals surface area contributed by atoms with Gasteiger partial charge in [-0.05, 0) is 25.7 Å². The number of nitro benzene ring substituents is 1. The van der Waals surface area contributed by atoms with E-state index < -0.39 is 4.92 Å². The van der Waals surface area contributed by atoms with E-state index in [1.807, 2.05) is 20.2 Å². The first-order valence-electron chi connectivity index (χ1n) is 5.16. The summed E-state index contributed by atoms with van der Waals surface area (Å²) in [6, 6.07) is 4.96. The Labute approximate surface area is 110 Å². The molecular weight excluding hydrogens is 260 g/mol. The number of rotatable bonds is 6. The number of benzene rings is 1. The Morgan fingerprint density at radius 3 is 2.76 bits per heavy atom. The van der Waals surface area contributed by atoms with Gasteiger partial charge in [-0.3, -0.25) is 10.1 Å². The van der Waals surface area contributed by atoms with Crippen LogP contribution in [0.1, 0.15) is 5.56 Å². The molecule has 0 N–H and O–H groups in total. The second-order valence-corrected chi connectivity index (χ2v) is 5.41. The van der Waals surface area contributed by atoms with Gasteiger partial charge in [0.1, 0.15) is 5.02 Å². The van der Waals surface area contributed by atoms with Gasteiger partial charge < -0.3 is 4.90 Å². The van der Waals surface area contributed by atoms with E-state index in [0.29, 0.717) is 0 Å². The quantitative estimate of drug-likeness (QED) is 0.454. The predicted octanol–water partition coefficient (Wildman–Crippen LogP) is 3.04. The van der Waals surface area contributed by atoms with Gasteiger partial charge in [-0.1, -0.05) is 17.7 Å². The van der Waals surface area contributed by atoms with Crippen LogP contribution in [0.3, 0.4) is 0 Å². The van der Waals surface area contributed by atoms with Crippen LogP contribution >= 0.6 is 23.4 Å². The molecule has 0 saturated heterocycles. The second kappa shape index (κ2) is 6.83. The summed E-state index contributed by atoms with van der Waals surface area (Å²) in [5, 5.41) is 10.9. The first-order chi connectivity index (χ1) is 8.00. The number of hydrogen-bond donors (Lipinski definition) is 0. The first kappa shape index (κ1) is 14.3. The minimum Gasteiger partial charge on any atom is -0.309 e. The van der Waals surface area contributed by atoms with E-state index in [-0.39, 0.29) is 10.7 Å². The molecule has 0 aliphatic carbocycles. The molecule has 1 aromatic rings. The number of nitro groups is 1. The van der Waals surface area contributed by atoms with E-state index in [4.69, 9.17) is 11.6 Å². The molecule has 0 aromatic heterocycles. The van der Waals surface area contributed by atoms with Crippen LogP contribution < -0.4 is 0 Å². The molecule has 17 heavy (non-hydrogen) atoms. The molecular formula is C11H15ClN2O2S. The summed E-state index contributed by atoms with van der Waals surface area (Å²) in [5.74, 6) is 1.77. The highest BCUT2D eigenvalue weighted by atomic mass is 35.5. The molecule has 0 fully saturated rings. The van der Waals surface area contributed by atoms with Crippen molar-refractivity contribution in [3.05, 3.63) is 38.9 Å². The number of nitrogens with zero attached hydrogens (tertiary/aromatic N) is 2. The zero-order valence-corrected chi connectivity index (χ0v) is 11.4. The molecule has 0 heterocycles. The minimum absolute atomic E-state index is 0.0163. The molecule has 0 amide bonds. The normalized spacial score (nSPS) is 10.8. The largest absolute Gasteiger partial charge is 0.309 e. The fraction of sp³-hybridized carbons (Fsp3) is 0.455. The van der Waals surface area contributed by atoms with Crippen LogP contribution in [0.4, 0.5) is 5.69 Å².